The molecule has 1 aliphatic rings. The van der Waals surface area contributed by atoms with Crippen molar-refractivity contribution in [3.63, 3.8) is 0 Å². The standard InChI is InChI=1S/C17H15ClINO/c18-15-10-13(7-8-16(15)19)17(21)20-9-3-6-12-4-1-2-5-14(12)11-20/h1-2,4-5,7-8,10H,3,6,9,11H2. The quantitative estimate of drug-likeness (QED) is 0.631. The summed E-state index contributed by atoms with van der Waals surface area (Å²) in [5, 5.41) is 0.636. The van der Waals surface area contributed by atoms with Crippen LogP contribution in [-0.2, 0) is 13.0 Å². The molecule has 4 heteroatoms. The lowest BCUT2D eigenvalue weighted by Crippen LogP contribution is -2.30. The van der Waals surface area contributed by atoms with E-state index >= 15 is 0 Å². The van der Waals surface area contributed by atoms with Crippen molar-refractivity contribution in [3.05, 3.63) is 67.7 Å². The normalized spacial score (nSPS) is 14.5. The molecule has 0 saturated heterocycles. The molecule has 0 atom stereocenters. The van der Waals surface area contributed by atoms with E-state index in [0.717, 1.165) is 23.0 Å². The number of halogens is 2. The molecule has 0 bridgehead atoms. The fourth-order valence-electron chi connectivity index (χ4n) is 2.69. The van der Waals surface area contributed by atoms with Crippen LogP contribution in [0.1, 0.15) is 27.9 Å². The summed E-state index contributed by atoms with van der Waals surface area (Å²) >= 11 is 8.30. The number of hydrogen-bond acceptors (Lipinski definition) is 1. The first-order valence-electron chi connectivity index (χ1n) is 6.96. The molecule has 0 radical (unpaired) electrons. The van der Waals surface area contributed by atoms with Gasteiger partial charge >= 0.3 is 0 Å². The molecule has 1 heterocycles. The van der Waals surface area contributed by atoms with E-state index in [-0.39, 0.29) is 5.91 Å². The summed E-state index contributed by atoms with van der Waals surface area (Å²) in [6, 6.07) is 13.9. The Labute approximate surface area is 143 Å². The van der Waals surface area contributed by atoms with Crippen molar-refractivity contribution in [2.75, 3.05) is 6.54 Å². The number of fused-ring (bicyclic) bond motifs is 1. The molecule has 0 spiro atoms. The molecule has 1 amide bonds. The van der Waals surface area contributed by atoms with Gasteiger partial charge < -0.3 is 4.90 Å². The number of carbonyl (C=O) groups excluding carboxylic acids is 1. The summed E-state index contributed by atoms with van der Waals surface area (Å²) < 4.78 is 0.965. The molecule has 0 aromatic heterocycles. The van der Waals surface area contributed by atoms with Gasteiger partial charge in [0, 0.05) is 22.2 Å². The van der Waals surface area contributed by atoms with Crippen molar-refractivity contribution < 1.29 is 4.79 Å². The molecular formula is C17H15ClINO. The fraction of sp³-hybridized carbons (Fsp3) is 0.235. The minimum atomic E-state index is 0.0602. The SMILES string of the molecule is O=C(c1ccc(I)c(Cl)c1)N1CCCc2ccccc2C1. The third kappa shape index (κ3) is 3.24. The molecule has 0 N–H and O–H groups in total. The van der Waals surface area contributed by atoms with Gasteiger partial charge in [0.15, 0.2) is 0 Å². The van der Waals surface area contributed by atoms with Gasteiger partial charge in [-0.25, -0.2) is 0 Å². The maximum atomic E-state index is 12.7. The Morgan fingerprint density at radius 3 is 2.67 bits per heavy atom. The zero-order chi connectivity index (χ0) is 14.8. The van der Waals surface area contributed by atoms with Gasteiger partial charge in [0.2, 0.25) is 0 Å². The minimum Gasteiger partial charge on any atom is -0.334 e. The Morgan fingerprint density at radius 1 is 1.14 bits per heavy atom. The van der Waals surface area contributed by atoms with Gasteiger partial charge in [-0.1, -0.05) is 35.9 Å². The first-order valence-corrected chi connectivity index (χ1v) is 8.42. The highest BCUT2D eigenvalue weighted by atomic mass is 127. The molecule has 2 aromatic carbocycles. The van der Waals surface area contributed by atoms with Crippen molar-refractivity contribution in [1.29, 1.82) is 0 Å². The third-order valence-corrected chi connectivity index (χ3v) is 5.38. The second kappa shape index (κ2) is 6.36. The zero-order valence-electron chi connectivity index (χ0n) is 11.5. The van der Waals surface area contributed by atoms with Gasteiger partial charge in [0.1, 0.15) is 0 Å². The Hall–Kier alpha value is -1.07. The summed E-state index contributed by atoms with van der Waals surface area (Å²) in [4.78, 5) is 14.6. The largest absolute Gasteiger partial charge is 0.334 e. The maximum absolute atomic E-state index is 12.7. The van der Waals surface area contributed by atoms with Crippen LogP contribution in [0.3, 0.4) is 0 Å². The molecule has 0 aliphatic carbocycles. The van der Waals surface area contributed by atoms with E-state index in [2.05, 4.69) is 40.8 Å². The molecule has 1 aliphatic heterocycles. The molecule has 0 saturated carbocycles. The summed E-state index contributed by atoms with van der Waals surface area (Å²) in [6.07, 6.45) is 2.04. The average molecular weight is 412 g/mol. The van der Waals surface area contributed by atoms with Crippen molar-refractivity contribution in [2.24, 2.45) is 0 Å². The van der Waals surface area contributed by atoms with Crippen LogP contribution in [0.15, 0.2) is 42.5 Å². The molecular weight excluding hydrogens is 397 g/mol. The van der Waals surface area contributed by atoms with Crippen molar-refractivity contribution in [1.82, 2.24) is 4.90 Å². The highest BCUT2D eigenvalue weighted by Gasteiger charge is 2.20. The Bertz CT molecular complexity index is 686. The maximum Gasteiger partial charge on any atom is 0.254 e. The second-order valence-corrected chi connectivity index (χ2v) is 6.80. The van der Waals surface area contributed by atoms with Crippen molar-refractivity contribution >= 4 is 40.1 Å². The predicted molar refractivity (Wildman–Crippen MR) is 93.7 cm³/mol. The molecule has 0 fully saturated rings. The van der Waals surface area contributed by atoms with Gasteiger partial charge in [-0.15, -0.1) is 0 Å². The molecule has 108 valence electrons. The van der Waals surface area contributed by atoms with Crippen LogP contribution < -0.4 is 0 Å². The highest BCUT2D eigenvalue weighted by Crippen LogP contribution is 2.23. The molecule has 2 nitrogen and oxygen atoms in total. The number of benzene rings is 2. The molecule has 21 heavy (non-hydrogen) atoms. The van der Waals surface area contributed by atoms with Gasteiger partial charge in [-0.2, -0.15) is 0 Å². The van der Waals surface area contributed by atoms with E-state index in [4.69, 9.17) is 11.6 Å². The number of amides is 1. The molecule has 2 aromatic rings. The summed E-state index contributed by atoms with van der Waals surface area (Å²) in [6.45, 7) is 1.47. The van der Waals surface area contributed by atoms with Crippen LogP contribution in [0.5, 0.6) is 0 Å². The van der Waals surface area contributed by atoms with Gasteiger partial charge in [0.05, 0.1) is 5.02 Å². The van der Waals surface area contributed by atoms with Gasteiger partial charge in [-0.3, -0.25) is 4.79 Å². The summed E-state index contributed by atoms with van der Waals surface area (Å²) in [5.41, 5.74) is 3.27. The second-order valence-electron chi connectivity index (χ2n) is 5.23. The van der Waals surface area contributed by atoms with E-state index < -0.39 is 0 Å². The van der Waals surface area contributed by atoms with Crippen LogP contribution in [0.2, 0.25) is 5.02 Å². The van der Waals surface area contributed by atoms with Gasteiger partial charge in [-0.05, 0) is 64.8 Å². The van der Waals surface area contributed by atoms with Crippen LogP contribution in [0.25, 0.3) is 0 Å². The number of aryl methyl sites for hydroxylation is 1. The zero-order valence-corrected chi connectivity index (χ0v) is 14.4. The van der Waals surface area contributed by atoms with Crippen LogP contribution in [-0.4, -0.2) is 17.4 Å². The van der Waals surface area contributed by atoms with Crippen molar-refractivity contribution in [2.45, 2.75) is 19.4 Å². The highest BCUT2D eigenvalue weighted by molar-refractivity contribution is 14.1. The lowest BCUT2D eigenvalue weighted by molar-refractivity contribution is 0.0746. The number of rotatable bonds is 1. The van der Waals surface area contributed by atoms with E-state index in [1.807, 2.05) is 23.1 Å². The number of carbonyl (C=O) groups is 1. The Kier molecular flexibility index (Phi) is 4.50. The van der Waals surface area contributed by atoms with Crippen LogP contribution in [0.4, 0.5) is 0 Å². The molecule has 3 rings (SSSR count). The van der Waals surface area contributed by atoms with Crippen molar-refractivity contribution in [3.8, 4) is 0 Å². The Morgan fingerprint density at radius 2 is 1.90 bits per heavy atom. The fourth-order valence-corrected chi connectivity index (χ4v) is 3.20. The topological polar surface area (TPSA) is 20.3 Å². The monoisotopic (exact) mass is 411 g/mol. The van der Waals surface area contributed by atoms with E-state index in [1.54, 1.807) is 6.07 Å². The smallest absolute Gasteiger partial charge is 0.254 e. The van der Waals surface area contributed by atoms with E-state index in [0.29, 0.717) is 17.1 Å². The summed E-state index contributed by atoms with van der Waals surface area (Å²) in [7, 11) is 0. The third-order valence-electron chi connectivity index (χ3n) is 3.81. The van der Waals surface area contributed by atoms with E-state index in [1.165, 1.54) is 11.1 Å². The van der Waals surface area contributed by atoms with Gasteiger partial charge in [0.25, 0.3) is 5.91 Å². The number of hydrogen-bond donors (Lipinski definition) is 0. The summed E-state index contributed by atoms with van der Waals surface area (Å²) in [5.74, 6) is 0.0602. The molecule has 0 unspecified atom stereocenters. The average Bonchev–Trinajstić information content (AvgIpc) is 2.71. The first kappa shape index (κ1) is 14.9. The van der Waals surface area contributed by atoms with Crippen LogP contribution >= 0.6 is 34.2 Å². The van der Waals surface area contributed by atoms with Crippen LogP contribution in [0, 0.1) is 3.57 Å². The van der Waals surface area contributed by atoms with E-state index in [9.17, 15) is 4.79 Å². The lowest BCUT2D eigenvalue weighted by atomic mass is 10.0. The first-order chi connectivity index (χ1) is 10.1. The predicted octanol–water partition coefficient (Wildman–Crippen LogP) is 4.53. The number of nitrogens with zero attached hydrogens (tertiary/aromatic N) is 1. The minimum absolute atomic E-state index is 0.0602. The Balaban J connectivity index is 1.86. The lowest BCUT2D eigenvalue weighted by Gasteiger charge is -2.21.